The van der Waals surface area contributed by atoms with Gasteiger partial charge in [-0.1, -0.05) is 36.8 Å². The van der Waals surface area contributed by atoms with Gasteiger partial charge in [-0.15, -0.1) is 0 Å². The van der Waals surface area contributed by atoms with E-state index in [2.05, 4.69) is 10.3 Å². The van der Waals surface area contributed by atoms with Crippen molar-refractivity contribution in [1.82, 2.24) is 14.5 Å². The van der Waals surface area contributed by atoms with Gasteiger partial charge < -0.3 is 15.2 Å². The van der Waals surface area contributed by atoms with E-state index in [1.165, 1.54) is 6.92 Å². The number of rotatable bonds is 9. The molecule has 0 radical (unpaired) electrons. The quantitative estimate of drug-likeness (QED) is 0.376. The zero-order valence-electron chi connectivity index (χ0n) is 18.4. The molecule has 3 aromatic rings. The maximum Gasteiger partial charge on any atom is 0.262 e. The lowest BCUT2D eigenvalue weighted by Gasteiger charge is -2.18. The first-order chi connectivity index (χ1) is 15.4. The lowest BCUT2D eigenvalue weighted by Crippen LogP contribution is -2.24. The van der Waals surface area contributed by atoms with Crippen LogP contribution in [0.1, 0.15) is 38.2 Å². The van der Waals surface area contributed by atoms with Gasteiger partial charge in [-0.05, 0) is 48.8 Å². The summed E-state index contributed by atoms with van der Waals surface area (Å²) in [5.74, 6) is -0.0976. The van der Waals surface area contributed by atoms with Crippen LogP contribution in [0.2, 0.25) is 0 Å². The van der Waals surface area contributed by atoms with Crippen molar-refractivity contribution in [2.45, 2.75) is 45.7 Å². The fourth-order valence-corrected chi connectivity index (χ4v) is 3.78. The predicted octanol–water partition coefficient (Wildman–Crippen LogP) is 4.24. The molecule has 0 saturated carbocycles. The van der Waals surface area contributed by atoms with E-state index in [9.17, 15) is 14.4 Å². The summed E-state index contributed by atoms with van der Waals surface area (Å²) in [5, 5.41) is 3.57. The van der Waals surface area contributed by atoms with Gasteiger partial charge in [0.15, 0.2) is 4.77 Å². The molecule has 1 aromatic heterocycles. The third-order valence-corrected chi connectivity index (χ3v) is 5.73. The van der Waals surface area contributed by atoms with Crippen molar-refractivity contribution in [2.24, 2.45) is 0 Å². The Labute approximate surface area is 192 Å². The fourth-order valence-electron chi connectivity index (χ4n) is 3.49. The van der Waals surface area contributed by atoms with Gasteiger partial charge in [0.25, 0.3) is 5.56 Å². The maximum absolute atomic E-state index is 12.7. The molecule has 0 spiro atoms. The SMILES string of the molecule is CC(=O)N(C)Cc1ccccc1NC(=O)CCCCCn1c(=S)[nH]c2ccccc2c1=O. The summed E-state index contributed by atoms with van der Waals surface area (Å²) in [7, 11) is 1.73. The van der Waals surface area contributed by atoms with Gasteiger partial charge in [0.2, 0.25) is 11.8 Å². The first-order valence-corrected chi connectivity index (χ1v) is 11.1. The number of hydrogen-bond acceptors (Lipinski definition) is 4. The number of carbonyl (C=O) groups is 2. The van der Waals surface area contributed by atoms with E-state index in [1.54, 1.807) is 22.6 Å². The molecular formula is C24H28N4O3S. The number of nitrogens with one attached hydrogen (secondary N) is 2. The molecule has 32 heavy (non-hydrogen) atoms. The highest BCUT2D eigenvalue weighted by Crippen LogP contribution is 2.17. The van der Waals surface area contributed by atoms with Crippen molar-refractivity contribution < 1.29 is 9.59 Å². The first kappa shape index (κ1) is 23.4. The number of nitrogens with zero attached hydrogens (tertiary/aromatic N) is 2. The van der Waals surface area contributed by atoms with Crippen LogP contribution in [0.25, 0.3) is 10.9 Å². The lowest BCUT2D eigenvalue weighted by atomic mass is 10.1. The second kappa shape index (κ2) is 10.9. The Morgan fingerprint density at radius 1 is 1.06 bits per heavy atom. The highest BCUT2D eigenvalue weighted by atomic mass is 32.1. The predicted molar refractivity (Wildman–Crippen MR) is 129 cm³/mol. The molecule has 2 aromatic carbocycles. The van der Waals surface area contributed by atoms with Gasteiger partial charge >= 0.3 is 0 Å². The smallest absolute Gasteiger partial charge is 0.262 e. The van der Waals surface area contributed by atoms with Gasteiger partial charge in [0.05, 0.1) is 10.9 Å². The normalized spacial score (nSPS) is 10.8. The van der Waals surface area contributed by atoms with Crippen LogP contribution >= 0.6 is 12.2 Å². The molecule has 2 N–H and O–H groups in total. The minimum absolute atomic E-state index is 0.0310. The molecule has 0 saturated heterocycles. The highest BCUT2D eigenvalue weighted by Gasteiger charge is 2.10. The number of aromatic amines is 1. The molecular weight excluding hydrogens is 424 g/mol. The van der Waals surface area contributed by atoms with Crippen LogP contribution in [0.5, 0.6) is 0 Å². The Morgan fingerprint density at radius 2 is 1.78 bits per heavy atom. The van der Waals surface area contributed by atoms with Crippen LogP contribution in [0.15, 0.2) is 53.3 Å². The molecule has 8 heteroatoms. The van der Waals surface area contributed by atoms with Crippen molar-refractivity contribution in [3.8, 4) is 0 Å². The lowest BCUT2D eigenvalue weighted by molar-refractivity contribution is -0.128. The van der Waals surface area contributed by atoms with Crippen molar-refractivity contribution in [3.05, 3.63) is 69.2 Å². The Balaban J connectivity index is 1.50. The average Bonchev–Trinajstić information content (AvgIpc) is 2.76. The molecule has 0 aliphatic heterocycles. The first-order valence-electron chi connectivity index (χ1n) is 10.7. The van der Waals surface area contributed by atoms with Gasteiger partial charge in [0.1, 0.15) is 0 Å². The summed E-state index contributed by atoms with van der Waals surface area (Å²) in [6, 6.07) is 14.8. The summed E-state index contributed by atoms with van der Waals surface area (Å²) in [4.78, 5) is 41.3. The average molecular weight is 453 g/mol. The van der Waals surface area contributed by atoms with E-state index < -0.39 is 0 Å². The Morgan fingerprint density at radius 3 is 2.56 bits per heavy atom. The van der Waals surface area contributed by atoms with Crippen LogP contribution in [-0.4, -0.2) is 33.3 Å². The van der Waals surface area contributed by atoms with E-state index in [1.807, 2.05) is 42.5 Å². The summed E-state index contributed by atoms with van der Waals surface area (Å²) >= 11 is 5.34. The summed E-state index contributed by atoms with van der Waals surface area (Å²) in [5.41, 5.74) is 2.27. The number of carbonyl (C=O) groups excluding carboxylic acids is 2. The van der Waals surface area contributed by atoms with E-state index in [4.69, 9.17) is 12.2 Å². The highest BCUT2D eigenvalue weighted by molar-refractivity contribution is 7.71. The Hall–Kier alpha value is -3.26. The van der Waals surface area contributed by atoms with Crippen LogP contribution in [0, 0.1) is 4.77 Å². The number of aromatic nitrogens is 2. The molecule has 0 aliphatic carbocycles. The number of H-pyrrole nitrogens is 1. The van der Waals surface area contributed by atoms with Crippen LogP contribution < -0.4 is 10.9 Å². The number of para-hydroxylation sites is 2. The number of fused-ring (bicyclic) bond motifs is 1. The molecule has 1 heterocycles. The Bertz CT molecular complexity index is 1230. The van der Waals surface area contributed by atoms with Crippen molar-refractivity contribution in [1.29, 1.82) is 0 Å². The van der Waals surface area contributed by atoms with Gasteiger partial charge in [-0.2, -0.15) is 0 Å². The zero-order chi connectivity index (χ0) is 23.1. The molecule has 0 bridgehead atoms. The van der Waals surface area contributed by atoms with Crippen molar-refractivity contribution in [3.63, 3.8) is 0 Å². The second-order valence-electron chi connectivity index (χ2n) is 7.82. The maximum atomic E-state index is 12.7. The van der Waals surface area contributed by atoms with E-state index >= 15 is 0 Å². The van der Waals surface area contributed by atoms with Crippen LogP contribution in [0.3, 0.4) is 0 Å². The molecule has 7 nitrogen and oxygen atoms in total. The van der Waals surface area contributed by atoms with Gasteiger partial charge in [-0.3, -0.25) is 19.0 Å². The molecule has 2 amide bonds. The van der Waals surface area contributed by atoms with Crippen LogP contribution in [0.4, 0.5) is 5.69 Å². The zero-order valence-corrected chi connectivity index (χ0v) is 19.2. The topological polar surface area (TPSA) is 87.2 Å². The van der Waals surface area contributed by atoms with Gasteiger partial charge in [-0.25, -0.2) is 0 Å². The molecule has 0 aliphatic rings. The minimum Gasteiger partial charge on any atom is -0.342 e. The number of hydrogen-bond donors (Lipinski definition) is 2. The molecule has 3 rings (SSSR count). The van der Waals surface area contributed by atoms with E-state index in [-0.39, 0.29) is 17.4 Å². The second-order valence-corrected chi connectivity index (χ2v) is 8.21. The number of unbranched alkanes of at least 4 members (excludes halogenated alkanes) is 2. The number of benzene rings is 2. The van der Waals surface area contributed by atoms with E-state index in [0.717, 1.165) is 29.6 Å². The van der Waals surface area contributed by atoms with Gasteiger partial charge in [0, 0.05) is 39.2 Å². The molecule has 0 fully saturated rings. The van der Waals surface area contributed by atoms with Crippen molar-refractivity contribution in [2.75, 3.05) is 12.4 Å². The largest absolute Gasteiger partial charge is 0.342 e. The molecule has 168 valence electrons. The van der Waals surface area contributed by atoms with Crippen LogP contribution in [-0.2, 0) is 22.7 Å². The molecule has 0 unspecified atom stereocenters. The third kappa shape index (κ3) is 5.91. The minimum atomic E-state index is -0.0887. The Kier molecular flexibility index (Phi) is 7.94. The number of amides is 2. The number of anilines is 1. The monoisotopic (exact) mass is 452 g/mol. The summed E-state index contributed by atoms with van der Waals surface area (Å²) in [6.07, 6.45) is 2.65. The van der Waals surface area contributed by atoms with E-state index in [0.29, 0.717) is 36.1 Å². The molecule has 0 atom stereocenters. The fraction of sp³-hybridized carbons (Fsp3) is 0.333. The third-order valence-electron chi connectivity index (χ3n) is 5.41. The standard InChI is InChI=1S/C24H28N4O3S/c1-17(29)27(2)16-18-10-5-7-12-20(18)25-22(30)14-4-3-9-15-28-23(31)19-11-6-8-13-21(19)26-24(28)32/h5-8,10-13H,3-4,9,14-16H2,1-2H3,(H,25,30)(H,26,32). The summed E-state index contributed by atoms with van der Waals surface area (Å²) < 4.78 is 2.00. The van der Waals surface area contributed by atoms with Crippen molar-refractivity contribution >= 4 is 40.6 Å². The summed E-state index contributed by atoms with van der Waals surface area (Å²) in [6.45, 7) is 2.47.